The predicted octanol–water partition coefficient (Wildman–Crippen LogP) is 5.06. The Morgan fingerprint density at radius 3 is 2.58 bits per heavy atom. The van der Waals surface area contributed by atoms with Gasteiger partial charge in [0, 0.05) is 22.5 Å². The largest absolute Gasteiger partial charge is 0.496 e. The molecule has 1 N–H and O–H groups in total. The van der Waals surface area contributed by atoms with Gasteiger partial charge in [-0.2, -0.15) is 18.4 Å². The number of hydrogen-bond donors (Lipinski definition) is 1. The molecular weight excluding hydrogens is 477 g/mol. The Labute approximate surface area is 190 Å². The molecule has 4 rings (SSSR count). The summed E-state index contributed by atoms with van der Waals surface area (Å²) in [6.07, 6.45) is -3.11. The number of rotatable bonds is 5. The van der Waals surface area contributed by atoms with E-state index in [0.717, 1.165) is 23.5 Å². The van der Waals surface area contributed by atoms with Crippen molar-refractivity contribution in [3.8, 4) is 23.1 Å². The Hall–Kier alpha value is -3.69. The number of methoxy groups -OCH3 is 1. The van der Waals surface area contributed by atoms with Crippen LogP contribution in [-0.4, -0.2) is 25.5 Å². The second-order valence-corrected chi connectivity index (χ2v) is 9.28. The van der Waals surface area contributed by atoms with Crippen molar-refractivity contribution >= 4 is 37.3 Å². The quantitative estimate of drug-likeness (QED) is 0.419. The number of thiazole rings is 1. The molecule has 12 heteroatoms. The van der Waals surface area contributed by atoms with E-state index in [4.69, 9.17) is 4.74 Å². The van der Waals surface area contributed by atoms with E-state index in [0.29, 0.717) is 10.8 Å². The Kier molecular flexibility index (Phi) is 5.69. The van der Waals surface area contributed by atoms with Crippen LogP contribution in [0.3, 0.4) is 0 Å². The fourth-order valence-corrected chi connectivity index (χ4v) is 5.00. The molecule has 0 unspecified atom stereocenters. The maximum Gasteiger partial charge on any atom is 0.416 e. The zero-order valence-corrected chi connectivity index (χ0v) is 18.3. The highest BCUT2D eigenvalue weighted by atomic mass is 32.2. The van der Waals surface area contributed by atoms with Gasteiger partial charge in [0.1, 0.15) is 17.5 Å². The lowest BCUT2D eigenvalue weighted by atomic mass is 10.0. The lowest BCUT2D eigenvalue weighted by Gasteiger charge is -2.14. The second kappa shape index (κ2) is 8.34. The van der Waals surface area contributed by atoms with Crippen molar-refractivity contribution in [1.29, 1.82) is 5.26 Å². The van der Waals surface area contributed by atoms with E-state index >= 15 is 0 Å². The van der Waals surface area contributed by atoms with Gasteiger partial charge >= 0.3 is 6.18 Å². The van der Waals surface area contributed by atoms with Crippen molar-refractivity contribution in [3.63, 3.8) is 0 Å². The zero-order chi connectivity index (χ0) is 23.8. The molecule has 0 spiro atoms. The summed E-state index contributed by atoms with van der Waals surface area (Å²) in [6.45, 7) is 0. The van der Waals surface area contributed by atoms with Crippen LogP contribution in [0.5, 0.6) is 5.75 Å². The molecular formula is C21H13F3N4O3S2. The summed E-state index contributed by atoms with van der Waals surface area (Å²) < 4.78 is 72.4. The van der Waals surface area contributed by atoms with E-state index < -0.39 is 21.8 Å². The predicted molar refractivity (Wildman–Crippen MR) is 116 cm³/mol. The van der Waals surface area contributed by atoms with Gasteiger partial charge in [-0.15, -0.1) is 11.3 Å². The number of nitrogens with zero attached hydrogens (tertiary/aromatic N) is 3. The zero-order valence-electron chi connectivity index (χ0n) is 16.7. The van der Waals surface area contributed by atoms with Crippen molar-refractivity contribution in [3.05, 3.63) is 65.3 Å². The van der Waals surface area contributed by atoms with Gasteiger partial charge in [0.2, 0.25) is 0 Å². The molecule has 0 radical (unpaired) electrons. The van der Waals surface area contributed by atoms with Gasteiger partial charge in [-0.3, -0.25) is 4.72 Å². The van der Waals surface area contributed by atoms with Crippen molar-refractivity contribution in [1.82, 2.24) is 9.97 Å². The van der Waals surface area contributed by atoms with Gasteiger partial charge in [-0.05, 0) is 41.8 Å². The SMILES string of the molecule is COc1cc(C(F)(F)F)ccc1-c1nc(C#N)cc2cc(S(=O)(=O)Nc3nccs3)ccc12. The van der Waals surface area contributed by atoms with E-state index in [1.807, 2.05) is 6.07 Å². The van der Waals surface area contributed by atoms with Crippen LogP contribution >= 0.6 is 11.3 Å². The molecule has 168 valence electrons. The highest BCUT2D eigenvalue weighted by molar-refractivity contribution is 7.93. The number of pyridine rings is 1. The van der Waals surface area contributed by atoms with Crippen molar-refractivity contribution < 1.29 is 26.3 Å². The van der Waals surface area contributed by atoms with Gasteiger partial charge < -0.3 is 4.74 Å². The van der Waals surface area contributed by atoms with Crippen LogP contribution in [0.25, 0.3) is 22.0 Å². The first-order valence-corrected chi connectivity index (χ1v) is 11.5. The third-order valence-corrected chi connectivity index (χ3v) is 6.82. The number of alkyl halides is 3. The van der Waals surface area contributed by atoms with Crippen LogP contribution in [0.1, 0.15) is 11.3 Å². The van der Waals surface area contributed by atoms with Gasteiger partial charge in [-0.25, -0.2) is 18.4 Å². The summed E-state index contributed by atoms with van der Waals surface area (Å²) >= 11 is 1.11. The molecule has 0 saturated heterocycles. The Balaban J connectivity index is 1.88. The molecule has 7 nitrogen and oxygen atoms in total. The summed E-state index contributed by atoms with van der Waals surface area (Å²) in [7, 11) is -2.74. The minimum atomic E-state index is -4.57. The van der Waals surface area contributed by atoms with Crippen LogP contribution in [0, 0.1) is 11.3 Å². The number of nitriles is 1. The number of halogens is 3. The summed E-state index contributed by atoms with van der Waals surface area (Å²) in [5.41, 5.74) is -0.525. The van der Waals surface area contributed by atoms with E-state index in [1.54, 1.807) is 5.38 Å². The van der Waals surface area contributed by atoms with Crippen molar-refractivity contribution in [2.24, 2.45) is 0 Å². The molecule has 0 bridgehead atoms. The number of aromatic nitrogens is 2. The smallest absolute Gasteiger partial charge is 0.416 e. The van der Waals surface area contributed by atoms with Crippen LogP contribution in [-0.2, 0) is 16.2 Å². The number of ether oxygens (including phenoxy) is 1. The van der Waals surface area contributed by atoms with Crippen LogP contribution < -0.4 is 9.46 Å². The van der Waals surface area contributed by atoms with Crippen molar-refractivity contribution in [2.45, 2.75) is 11.1 Å². The fraction of sp³-hybridized carbons (Fsp3) is 0.0952. The molecule has 2 aromatic carbocycles. The van der Waals surface area contributed by atoms with Gasteiger partial charge in [0.25, 0.3) is 10.0 Å². The first kappa shape index (κ1) is 22.5. The minimum Gasteiger partial charge on any atom is -0.496 e. The number of sulfonamides is 1. The molecule has 0 aliphatic rings. The van der Waals surface area contributed by atoms with Crippen LogP contribution in [0.15, 0.2) is 58.9 Å². The second-order valence-electron chi connectivity index (χ2n) is 6.71. The molecule has 0 atom stereocenters. The molecule has 2 heterocycles. The van der Waals surface area contributed by atoms with Gasteiger partial charge in [0.15, 0.2) is 5.13 Å². The van der Waals surface area contributed by atoms with E-state index in [2.05, 4.69) is 14.7 Å². The highest BCUT2D eigenvalue weighted by Crippen LogP contribution is 2.39. The first-order valence-electron chi connectivity index (χ1n) is 9.15. The van der Waals surface area contributed by atoms with Gasteiger partial charge in [0.05, 0.1) is 23.3 Å². The molecule has 0 aliphatic carbocycles. The van der Waals surface area contributed by atoms with E-state index in [-0.39, 0.29) is 32.7 Å². The summed E-state index contributed by atoms with van der Waals surface area (Å²) in [4.78, 5) is 8.06. The monoisotopic (exact) mass is 490 g/mol. The Morgan fingerprint density at radius 1 is 1.15 bits per heavy atom. The van der Waals surface area contributed by atoms with E-state index in [1.165, 1.54) is 43.6 Å². The summed E-state index contributed by atoms with van der Waals surface area (Å²) in [5.74, 6) is -0.0872. The lowest BCUT2D eigenvalue weighted by molar-refractivity contribution is -0.137. The molecule has 0 fully saturated rings. The first-order chi connectivity index (χ1) is 15.6. The third-order valence-electron chi connectivity index (χ3n) is 4.67. The topological polar surface area (TPSA) is 105 Å². The molecule has 33 heavy (non-hydrogen) atoms. The minimum absolute atomic E-state index is 0.0399. The summed E-state index contributed by atoms with van der Waals surface area (Å²) in [6, 6.07) is 10.4. The van der Waals surface area contributed by atoms with Gasteiger partial charge in [-0.1, -0.05) is 6.07 Å². The number of hydrogen-bond acceptors (Lipinski definition) is 7. The average molecular weight is 490 g/mol. The molecule has 2 aromatic heterocycles. The number of fused-ring (bicyclic) bond motifs is 1. The maximum absolute atomic E-state index is 13.1. The van der Waals surface area contributed by atoms with Crippen LogP contribution in [0.2, 0.25) is 0 Å². The third kappa shape index (κ3) is 4.46. The molecule has 0 aliphatic heterocycles. The molecule has 4 aromatic rings. The number of nitrogens with one attached hydrogen (secondary N) is 1. The highest BCUT2D eigenvalue weighted by Gasteiger charge is 2.31. The fourth-order valence-electron chi connectivity index (χ4n) is 3.18. The van der Waals surface area contributed by atoms with Crippen molar-refractivity contribution in [2.75, 3.05) is 11.8 Å². The Bertz CT molecular complexity index is 1500. The maximum atomic E-state index is 13.1. The normalized spacial score (nSPS) is 11.8. The van der Waals surface area contributed by atoms with Crippen LogP contribution in [0.4, 0.5) is 18.3 Å². The number of benzene rings is 2. The summed E-state index contributed by atoms with van der Waals surface area (Å²) in [5, 5.41) is 12.0. The lowest BCUT2D eigenvalue weighted by Crippen LogP contribution is -2.12. The average Bonchev–Trinajstić information content (AvgIpc) is 3.29. The number of anilines is 1. The van der Waals surface area contributed by atoms with E-state index in [9.17, 15) is 26.9 Å². The Morgan fingerprint density at radius 2 is 1.94 bits per heavy atom. The molecule has 0 amide bonds. The standard InChI is InChI=1S/C21H13F3N4O3S2/c1-31-18-10-13(21(22,23)24)2-4-17(18)19-16-5-3-15(9-12(16)8-14(11-25)27-19)33(29,30)28-20-26-6-7-32-20/h2-10H,1H3,(H,26,28). The molecule has 0 saturated carbocycles.